The molecule has 0 aromatic carbocycles. The molecule has 0 aliphatic heterocycles. The second-order valence-corrected chi connectivity index (χ2v) is 9.66. The fourth-order valence-electron chi connectivity index (χ4n) is 7.33. The lowest BCUT2D eigenvalue weighted by Crippen LogP contribution is -2.52. The summed E-state index contributed by atoms with van der Waals surface area (Å²) in [5.41, 5.74) is 1.25. The van der Waals surface area contributed by atoms with E-state index in [0.717, 1.165) is 31.1 Å². The summed E-state index contributed by atoms with van der Waals surface area (Å²) < 4.78 is 5.60. The van der Waals surface area contributed by atoms with Crippen LogP contribution in [-0.2, 0) is 9.53 Å². The Labute approximate surface area is 158 Å². The fraction of sp³-hybridized carbons (Fsp3) is 0.870. The molecule has 0 aromatic rings. The minimum atomic E-state index is -0.440. The molecule has 1 N–H and O–H groups in total. The number of hydrogen-bond donors (Lipinski definition) is 1. The van der Waals surface area contributed by atoms with E-state index in [2.05, 4.69) is 19.9 Å². The van der Waals surface area contributed by atoms with E-state index in [1.54, 1.807) is 5.57 Å². The molecule has 0 bridgehead atoms. The Kier molecular flexibility index (Phi) is 4.74. The van der Waals surface area contributed by atoms with Crippen molar-refractivity contribution in [1.29, 1.82) is 0 Å². The van der Waals surface area contributed by atoms with Crippen molar-refractivity contribution in [3.8, 4) is 0 Å². The monoisotopic (exact) mass is 360 g/mol. The van der Waals surface area contributed by atoms with Crippen LogP contribution < -0.4 is 0 Å². The van der Waals surface area contributed by atoms with Crippen molar-refractivity contribution in [1.82, 2.24) is 0 Å². The van der Waals surface area contributed by atoms with Gasteiger partial charge in [0.25, 0.3) is 0 Å². The van der Waals surface area contributed by atoms with E-state index in [1.165, 1.54) is 38.5 Å². The summed E-state index contributed by atoms with van der Waals surface area (Å²) in [5, 5.41) is 11.3. The molecule has 0 aromatic heterocycles. The Hall–Kier alpha value is -0.830. The number of rotatable bonds is 3. The summed E-state index contributed by atoms with van der Waals surface area (Å²) in [6, 6.07) is 0. The van der Waals surface area contributed by atoms with E-state index in [9.17, 15) is 9.90 Å². The van der Waals surface area contributed by atoms with E-state index in [1.807, 2.05) is 6.92 Å². The zero-order valence-electron chi connectivity index (χ0n) is 16.8. The van der Waals surface area contributed by atoms with Gasteiger partial charge in [-0.25, -0.2) is 0 Å². The van der Waals surface area contributed by atoms with Gasteiger partial charge in [-0.2, -0.15) is 0 Å². The molecule has 4 aliphatic carbocycles. The molecule has 4 aliphatic rings. The normalized spacial score (nSPS) is 47.4. The first-order chi connectivity index (χ1) is 12.4. The Morgan fingerprint density at radius 1 is 1.15 bits per heavy atom. The van der Waals surface area contributed by atoms with Gasteiger partial charge in [-0.05, 0) is 93.0 Å². The summed E-state index contributed by atoms with van der Waals surface area (Å²) in [5.74, 6) is 2.90. The maximum atomic E-state index is 11.6. The van der Waals surface area contributed by atoms with Crippen molar-refractivity contribution < 1.29 is 14.6 Å². The molecule has 0 radical (unpaired) electrons. The molecule has 0 saturated heterocycles. The van der Waals surface area contributed by atoms with Gasteiger partial charge >= 0.3 is 5.97 Å². The molecule has 3 saturated carbocycles. The Balaban J connectivity index is 1.52. The van der Waals surface area contributed by atoms with Gasteiger partial charge in [0.1, 0.15) is 6.10 Å². The highest BCUT2D eigenvalue weighted by atomic mass is 16.5. The first kappa shape index (κ1) is 18.5. The minimum Gasteiger partial charge on any atom is -0.458 e. The number of carbonyl (C=O) groups excluding carboxylic acids is 1. The second-order valence-electron chi connectivity index (χ2n) is 9.66. The summed E-state index contributed by atoms with van der Waals surface area (Å²) in [7, 11) is 0. The van der Waals surface area contributed by atoms with Crippen LogP contribution in [0.3, 0.4) is 0 Å². The third-order valence-corrected chi connectivity index (χ3v) is 8.89. The fourth-order valence-corrected chi connectivity index (χ4v) is 7.33. The number of hydrogen-bond acceptors (Lipinski definition) is 3. The van der Waals surface area contributed by atoms with Crippen molar-refractivity contribution >= 4 is 5.97 Å². The van der Waals surface area contributed by atoms with Gasteiger partial charge in [0, 0.05) is 6.42 Å². The predicted octanol–water partition coefficient (Wildman–Crippen LogP) is 5.02. The molecule has 0 heterocycles. The molecule has 0 spiro atoms. The van der Waals surface area contributed by atoms with Crippen LogP contribution in [0.25, 0.3) is 0 Å². The molecule has 26 heavy (non-hydrogen) atoms. The van der Waals surface area contributed by atoms with Gasteiger partial charge in [0.15, 0.2) is 0 Å². The van der Waals surface area contributed by atoms with E-state index in [-0.39, 0.29) is 17.5 Å². The zero-order valence-corrected chi connectivity index (χ0v) is 16.8. The average molecular weight is 361 g/mol. The first-order valence-corrected chi connectivity index (χ1v) is 11.0. The SMILES string of the molecule is CCC(=O)O[C@@H]1C=C2CC[C@@H]3[C@H](CC[C@@]4(C)[C@H]3CC[C@@]4(O)CC)[C@H]2CC1. The van der Waals surface area contributed by atoms with E-state index in [4.69, 9.17) is 4.74 Å². The maximum absolute atomic E-state index is 11.6. The molecule has 146 valence electrons. The molecule has 7 atom stereocenters. The predicted molar refractivity (Wildman–Crippen MR) is 102 cm³/mol. The van der Waals surface area contributed by atoms with E-state index < -0.39 is 5.60 Å². The van der Waals surface area contributed by atoms with Crippen molar-refractivity contribution in [2.24, 2.45) is 29.1 Å². The molecule has 3 heteroatoms. The van der Waals surface area contributed by atoms with Crippen molar-refractivity contribution in [2.45, 2.75) is 96.7 Å². The first-order valence-electron chi connectivity index (χ1n) is 11.0. The Morgan fingerprint density at radius 3 is 2.69 bits per heavy atom. The number of carbonyl (C=O) groups is 1. The van der Waals surface area contributed by atoms with Crippen LogP contribution in [0.15, 0.2) is 11.6 Å². The number of allylic oxidation sites excluding steroid dienone is 1. The lowest BCUT2D eigenvalue weighted by Gasteiger charge is -2.56. The van der Waals surface area contributed by atoms with Crippen molar-refractivity contribution in [3.05, 3.63) is 11.6 Å². The molecule has 4 rings (SSSR count). The highest BCUT2D eigenvalue weighted by Gasteiger charge is 2.61. The number of ether oxygens (including phenoxy) is 1. The van der Waals surface area contributed by atoms with Gasteiger partial charge in [-0.15, -0.1) is 0 Å². The Morgan fingerprint density at radius 2 is 1.96 bits per heavy atom. The topological polar surface area (TPSA) is 46.5 Å². The minimum absolute atomic E-state index is 0.00997. The maximum Gasteiger partial charge on any atom is 0.306 e. The summed E-state index contributed by atoms with van der Waals surface area (Å²) in [6.07, 6.45) is 12.9. The van der Waals surface area contributed by atoms with Gasteiger partial charge in [-0.1, -0.05) is 26.3 Å². The number of aliphatic hydroxyl groups is 1. The van der Waals surface area contributed by atoms with E-state index >= 15 is 0 Å². The van der Waals surface area contributed by atoms with Crippen LogP contribution in [0, 0.1) is 29.1 Å². The highest BCUT2D eigenvalue weighted by Crippen LogP contribution is 2.65. The summed E-state index contributed by atoms with van der Waals surface area (Å²) >= 11 is 0. The molecule has 3 nitrogen and oxygen atoms in total. The zero-order chi connectivity index (χ0) is 18.5. The quantitative estimate of drug-likeness (QED) is 0.568. The molecular weight excluding hydrogens is 324 g/mol. The number of esters is 1. The lowest BCUT2D eigenvalue weighted by atomic mass is 9.50. The molecule has 0 amide bonds. The van der Waals surface area contributed by atoms with Crippen LogP contribution >= 0.6 is 0 Å². The van der Waals surface area contributed by atoms with E-state index in [0.29, 0.717) is 18.3 Å². The molecule has 3 fully saturated rings. The smallest absolute Gasteiger partial charge is 0.306 e. The van der Waals surface area contributed by atoms with Crippen LogP contribution in [0.1, 0.15) is 85.0 Å². The Bertz CT molecular complexity index is 596. The standard InChI is InChI=1S/C23H36O3/c1-4-21(24)26-16-7-9-17-15(14-16)6-8-19-18(17)10-12-22(3)20(19)11-13-23(22,25)5-2/h14,16-20,25H,4-13H2,1-3H3/t16-,17-,18+,19+,20-,22-,23-/m0/s1. The molecular formula is C23H36O3. The number of fused-ring (bicyclic) bond motifs is 5. The van der Waals surface area contributed by atoms with Gasteiger partial charge in [0.05, 0.1) is 5.60 Å². The largest absolute Gasteiger partial charge is 0.458 e. The van der Waals surface area contributed by atoms with Gasteiger partial charge in [-0.3, -0.25) is 4.79 Å². The van der Waals surface area contributed by atoms with Crippen molar-refractivity contribution in [3.63, 3.8) is 0 Å². The summed E-state index contributed by atoms with van der Waals surface area (Å²) in [6.45, 7) is 6.42. The van der Waals surface area contributed by atoms with Crippen LogP contribution in [-0.4, -0.2) is 22.8 Å². The van der Waals surface area contributed by atoms with Gasteiger partial charge < -0.3 is 9.84 Å². The lowest BCUT2D eigenvalue weighted by molar-refractivity contribution is -0.147. The molecule has 0 unspecified atom stereocenters. The van der Waals surface area contributed by atoms with Crippen LogP contribution in [0.5, 0.6) is 0 Å². The highest BCUT2D eigenvalue weighted by molar-refractivity contribution is 5.69. The second kappa shape index (κ2) is 6.65. The van der Waals surface area contributed by atoms with Gasteiger partial charge in [0.2, 0.25) is 0 Å². The average Bonchev–Trinajstić information content (AvgIpc) is 2.93. The summed E-state index contributed by atoms with van der Waals surface area (Å²) in [4.78, 5) is 11.6. The van der Waals surface area contributed by atoms with Crippen LogP contribution in [0.4, 0.5) is 0 Å². The third-order valence-electron chi connectivity index (χ3n) is 8.89. The van der Waals surface area contributed by atoms with Crippen LogP contribution in [0.2, 0.25) is 0 Å². The van der Waals surface area contributed by atoms with Crippen molar-refractivity contribution in [2.75, 3.05) is 0 Å². The third kappa shape index (κ3) is 2.68.